The van der Waals surface area contributed by atoms with Gasteiger partial charge in [0.1, 0.15) is 5.75 Å². The lowest BCUT2D eigenvalue weighted by Gasteiger charge is -2.34. The van der Waals surface area contributed by atoms with Crippen molar-refractivity contribution >= 4 is 43.0 Å². The molecule has 1 aliphatic heterocycles. The number of amides is 1. The summed E-state index contributed by atoms with van der Waals surface area (Å²) in [7, 11) is -7.46. The number of para-hydroxylation sites is 2. The molecule has 11 heteroatoms. The number of nitrogens with zero attached hydrogens (tertiary/aromatic N) is 1. The van der Waals surface area contributed by atoms with E-state index in [1.54, 1.807) is 36.4 Å². The molecular weight excluding hydrogens is 502 g/mol. The van der Waals surface area contributed by atoms with E-state index in [1.165, 1.54) is 35.5 Å². The number of aryl methyl sites for hydroxylation is 2. The van der Waals surface area contributed by atoms with Gasteiger partial charge in [-0.05, 0) is 80.4 Å². The van der Waals surface area contributed by atoms with Crippen LogP contribution in [0, 0.1) is 13.8 Å². The number of carbonyl (C=O) groups is 1. The van der Waals surface area contributed by atoms with Crippen LogP contribution in [0.3, 0.4) is 0 Å². The number of benzene rings is 3. The molecule has 190 valence electrons. The van der Waals surface area contributed by atoms with Gasteiger partial charge in [-0.1, -0.05) is 18.2 Å². The maximum Gasteiger partial charge on any atom is 0.267 e. The summed E-state index contributed by atoms with van der Waals surface area (Å²) >= 11 is 0. The summed E-state index contributed by atoms with van der Waals surface area (Å²) in [6.07, 6.45) is -1.09. The van der Waals surface area contributed by atoms with E-state index in [0.29, 0.717) is 22.8 Å². The minimum atomic E-state index is -3.83. The van der Waals surface area contributed by atoms with E-state index >= 15 is 0 Å². The van der Waals surface area contributed by atoms with Gasteiger partial charge in [-0.15, -0.1) is 0 Å². The first-order valence-electron chi connectivity index (χ1n) is 11.3. The van der Waals surface area contributed by atoms with Gasteiger partial charge in [-0.3, -0.25) is 13.8 Å². The van der Waals surface area contributed by atoms with Crippen LogP contribution in [0.2, 0.25) is 0 Å². The molecule has 0 bridgehead atoms. The minimum absolute atomic E-state index is 0.0294. The number of nitrogens with one attached hydrogen (secondary N) is 2. The molecule has 0 saturated carbocycles. The normalized spacial score (nSPS) is 15.5. The quantitative estimate of drug-likeness (QED) is 0.482. The van der Waals surface area contributed by atoms with Gasteiger partial charge < -0.3 is 10.1 Å². The predicted octanol–water partition coefficient (Wildman–Crippen LogP) is 3.66. The molecule has 36 heavy (non-hydrogen) atoms. The number of fused-ring (bicyclic) bond motifs is 1. The molecule has 1 amide bonds. The number of sulfonamides is 2. The highest BCUT2D eigenvalue weighted by Crippen LogP contribution is 2.35. The summed E-state index contributed by atoms with van der Waals surface area (Å²) in [5.74, 6) is -0.383. The summed E-state index contributed by atoms with van der Waals surface area (Å²) < 4.78 is 60.3. The van der Waals surface area contributed by atoms with Crippen molar-refractivity contribution in [3.63, 3.8) is 0 Å². The second-order valence-electron chi connectivity index (χ2n) is 8.42. The summed E-state index contributed by atoms with van der Waals surface area (Å²) in [6.45, 7) is 5.20. The van der Waals surface area contributed by atoms with Crippen molar-refractivity contribution in [2.45, 2.75) is 31.8 Å². The first kappa shape index (κ1) is 25.5. The number of hydrogen-bond donors (Lipinski definition) is 2. The highest BCUT2D eigenvalue weighted by atomic mass is 32.2. The molecule has 0 saturated heterocycles. The van der Waals surface area contributed by atoms with E-state index in [-0.39, 0.29) is 17.2 Å². The molecule has 0 aromatic heterocycles. The van der Waals surface area contributed by atoms with Crippen LogP contribution in [0.5, 0.6) is 5.75 Å². The van der Waals surface area contributed by atoms with Crippen molar-refractivity contribution in [3.05, 3.63) is 77.9 Å². The average molecular weight is 530 g/mol. The van der Waals surface area contributed by atoms with Crippen molar-refractivity contribution < 1.29 is 26.4 Å². The topological polar surface area (TPSA) is 122 Å². The molecule has 9 nitrogen and oxygen atoms in total. The maximum atomic E-state index is 12.9. The summed E-state index contributed by atoms with van der Waals surface area (Å²) in [4.78, 5) is 13.0. The Morgan fingerprint density at radius 3 is 2.28 bits per heavy atom. The molecule has 1 heterocycles. The van der Waals surface area contributed by atoms with Crippen LogP contribution in [0.25, 0.3) is 0 Å². The Balaban J connectivity index is 1.48. The number of rotatable bonds is 7. The fourth-order valence-corrected chi connectivity index (χ4v) is 5.89. The monoisotopic (exact) mass is 529 g/mol. The van der Waals surface area contributed by atoms with Crippen LogP contribution < -0.4 is 19.1 Å². The van der Waals surface area contributed by atoms with Crippen LogP contribution in [0.15, 0.2) is 71.6 Å². The summed E-state index contributed by atoms with van der Waals surface area (Å²) in [5, 5.41) is 2.67. The second-order valence-corrected chi connectivity index (χ2v) is 12.3. The van der Waals surface area contributed by atoms with E-state index in [0.717, 1.165) is 11.1 Å². The molecule has 2 N–H and O–H groups in total. The van der Waals surface area contributed by atoms with E-state index in [2.05, 4.69) is 10.0 Å². The van der Waals surface area contributed by atoms with Crippen LogP contribution in [0.4, 0.5) is 17.1 Å². The predicted molar refractivity (Wildman–Crippen MR) is 139 cm³/mol. The Kier molecular flexibility index (Phi) is 6.96. The fourth-order valence-electron chi connectivity index (χ4n) is 3.72. The molecule has 3 aromatic rings. The molecule has 3 aromatic carbocycles. The van der Waals surface area contributed by atoms with Gasteiger partial charge in [0.15, 0.2) is 6.10 Å². The van der Waals surface area contributed by atoms with Gasteiger partial charge in [-0.2, -0.15) is 0 Å². The average Bonchev–Trinajstić information content (AvgIpc) is 2.85. The highest BCUT2D eigenvalue weighted by Gasteiger charge is 2.36. The largest absolute Gasteiger partial charge is 0.476 e. The van der Waals surface area contributed by atoms with Crippen molar-refractivity contribution in [1.82, 2.24) is 0 Å². The number of ether oxygens (including phenoxy) is 1. The maximum absolute atomic E-state index is 12.9. The molecule has 4 rings (SSSR count). The van der Waals surface area contributed by atoms with Crippen LogP contribution in [0.1, 0.15) is 18.1 Å². The van der Waals surface area contributed by atoms with Crippen LogP contribution in [-0.4, -0.2) is 41.1 Å². The zero-order chi connectivity index (χ0) is 26.1. The number of anilines is 3. The van der Waals surface area contributed by atoms with Gasteiger partial charge in [0, 0.05) is 11.4 Å². The van der Waals surface area contributed by atoms with Gasteiger partial charge in [-0.25, -0.2) is 16.8 Å². The SMILES string of the molecule is CCS(=O)(=O)N1CC(C(=O)Nc2ccc(S(=O)(=O)Nc3ccc(C)c(C)c3)cc2)Oc2ccccc21. The molecule has 0 aliphatic carbocycles. The van der Waals surface area contributed by atoms with Crippen molar-refractivity contribution in [2.75, 3.05) is 26.6 Å². The lowest BCUT2D eigenvalue weighted by Crippen LogP contribution is -2.49. The van der Waals surface area contributed by atoms with Gasteiger partial charge in [0.2, 0.25) is 10.0 Å². The lowest BCUT2D eigenvalue weighted by atomic mass is 10.1. The molecule has 1 atom stereocenters. The van der Waals surface area contributed by atoms with E-state index in [1.807, 2.05) is 19.9 Å². The third kappa shape index (κ3) is 5.31. The Labute approximate surface area is 211 Å². The van der Waals surface area contributed by atoms with Crippen LogP contribution in [-0.2, 0) is 24.8 Å². The van der Waals surface area contributed by atoms with Crippen molar-refractivity contribution in [1.29, 1.82) is 0 Å². The Morgan fingerprint density at radius 2 is 1.61 bits per heavy atom. The standard InChI is InChI=1S/C25H27N3O6S2/c1-4-35(30,31)28-16-24(34-23-8-6-5-7-22(23)28)25(29)26-19-11-13-21(14-12-19)36(32,33)27-20-10-9-17(2)18(3)15-20/h5-15,24,27H,4,16H2,1-3H3,(H,26,29). The highest BCUT2D eigenvalue weighted by molar-refractivity contribution is 7.93. The second kappa shape index (κ2) is 9.82. The molecule has 1 unspecified atom stereocenters. The minimum Gasteiger partial charge on any atom is -0.476 e. The van der Waals surface area contributed by atoms with Gasteiger partial charge >= 0.3 is 0 Å². The number of carbonyl (C=O) groups excluding carboxylic acids is 1. The Morgan fingerprint density at radius 1 is 0.944 bits per heavy atom. The smallest absolute Gasteiger partial charge is 0.267 e. The Bertz CT molecular complexity index is 1500. The van der Waals surface area contributed by atoms with Crippen molar-refractivity contribution in [3.8, 4) is 5.75 Å². The molecule has 1 aliphatic rings. The molecule has 0 spiro atoms. The van der Waals surface area contributed by atoms with E-state index < -0.39 is 32.1 Å². The summed E-state index contributed by atoms with van der Waals surface area (Å²) in [6, 6.07) is 17.6. The first-order chi connectivity index (χ1) is 17.0. The number of hydrogen-bond acceptors (Lipinski definition) is 6. The third-order valence-electron chi connectivity index (χ3n) is 5.92. The molecular formula is C25H27N3O6S2. The van der Waals surface area contributed by atoms with Gasteiger partial charge in [0.05, 0.1) is 22.9 Å². The van der Waals surface area contributed by atoms with E-state index in [9.17, 15) is 21.6 Å². The Hall–Kier alpha value is -3.57. The molecule has 0 radical (unpaired) electrons. The zero-order valence-electron chi connectivity index (χ0n) is 20.1. The lowest BCUT2D eigenvalue weighted by molar-refractivity contribution is -0.122. The summed E-state index contributed by atoms with van der Waals surface area (Å²) in [5.41, 5.74) is 3.20. The third-order valence-corrected chi connectivity index (χ3v) is 9.06. The first-order valence-corrected chi connectivity index (χ1v) is 14.4. The van der Waals surface area contributed by atoms with Crippen LogP contribution >= 0.6 is 0 Å². The fraction of sp³-hybridized carbons (Fsp3) is 0.240. The van der Waals surface area contributed by atoms with Crippen molar-refractivity contribution in [2.24, 2.45) is 0 Å². The zero-order valence-corrected chi connectivity index (χ0v) is 21.7. The van der Waals surface area contributed by atoms with Gasteiger partial charge in [0.25, 0.3) is 15.9 Å². The van der Waals surface area contributed by atoms with E-state index in [4.69, 9.17) is 4.74 Å². The molecule has 0 fully saturated rings.